The summed E-state index contributed by atoms with van der Waals surface area (Å²) in [7, 11) is 0. The summed E-state index contributed by atoms with van der Waals surface area (Å²) in [5.74, 6) is 0. The molecule has 0 aliphatic heterocycles. The highest BCUT2D eigenvalue weighted by Crippen LogP contribution is 2.37. The molecule has 0 aliphatic carbocycles. The molecule has 2 aromatic heterocycles. The highest BCUT2D eigenvalue weighted by molar-refractivity contribution is 6.31. The number of furan rings is 1. The summed E-state index contributed by atoms with van der Waals surface area (Å²) in [5.41, 5.74) is 6.19. The van der Waals surface area contributed by atoms with E-state index in [4.69, 9.17) is 26.0 Å². The van der Waals surface area contributed by atoms with Gasteiger partial charge in [0.05, 0.1) is 10.9 Å². The lowest BCUT2D eigenvalue weighted by molar-refractivity contribution is 0.655. The Labute approximate surface area is 165 Å². The standard InChI is InChI=1S/C24H15ClN2O/c1-12-3-6-15-16-7-4-13(2)10-18(16)22-21(17(15)9-12)26-23-19-11-14(25)5-8-20(19)28-24(23)27-22/h3-11H,1-2H3. The molecule has 0 bridgehead atoms. The zero-order valence-electron chi connectivity index (χ0n) is 15.4. The van der Waals surface area contributed by atoms with E-state index >= 15 is 0 Å². The Morgan fingerprint density at radius 2 is 1.29 bits per heavy atom. The zero-order valence-corrected chi connectivity index (χ0v) is 16.1. The highest BCUT2D eigenvalue weighted by atomic mass is 35.5. The van der Waals surface area contributed by atoms with Gasteiger partial charge >= 0.3 is 0 Å². The van der Waals surface area contributed by atoms with Gasteiger partial charge in [0.2, 0.25) is 5.71 Å². The van der Waals surface area contributed by atoms with Crippen LogP contribution < -0.4 is 0 Å². The quantitative estimate of drug-likeness (QED) is 0.263. The molecule has 0 spiro atoms. The summed E-state index contributed by atoms with van der Waals surface area (Å²) in [6.07, 6.45) is 0. The van der Waals surface area contributed by atoms with Crippen molar-refractivity contribution in [3.8, 4) is 0 Å². The summed E-state index contributed by atoms with van der Waals surface area (Å²) in [4.78, 5) is 9.96. The van der Waals surface area contributed by atoms with E-state index in [1.807, 2.05) is 18.2 Å². The van der Waals surface area contributed by atoms with E-state index in [2.05, 4.69) is 50.2 Å². The minimum Gasteiger partial charge on any atom is -0.436 e. The zero-order chi connectivity index (χ0) is 19.0. The first-order chi connectivity index (χ1) is 13.6. The van der Waals surface area contributed by atoms with Crippen molar-refractivity contribution in [3.05, 3.63) is 70.7 Å². The molecule has 0 atom stereocenters. The third kappa shape index (κ3) is 2.11. The fourth-order valence-electron chi connectivity index (χ4n) is 4.10. The summed E-state index contributed by atoms with van der Waals surface area (Å²) < 4.78 is 6.00. The van der Waals surface area contributed by atoms with Gasteiger partial charge in [-0.3, -0.25) is 0 Å². The van der Waals surface area contributed by atoms with E-state index < -0.39 is 0 Å². The minimum absolute atomic E-state index is 0.541. The number of benzene rings is 4. The van der Waals surface area contributed by atoms with Crippen LogP contribution in [0, 0.1) is 13.8 Å². The maximum Gasteiger partial charge on any atom is 0.246 e. The van der Waals surface area contributed by atoms with Gasteiger partial charge in [0.25, 0.3) is 0 Å². The number of aromatic nitrogens is 2. The van der Waals surface area contributed by atoms with Gasteiger partial charge in [-0.2, -0.15) is 0 Å². The van der Waals surface area contributed by atoms with Gasteiger partial charge in [0, 0.05) is 15.8 Å². The topological polar surface area (TPSA) is 38.9 Å². The Balaban J connectivity index is 1.93. The normalized spacial score (nSPS) is 12.1. The first-order valence-electron chi connectivity index (χ1n) is 9.21. The summed E-state index contributed by atoms with van der Waals surface area (Å²) in [6.45, 7) is 4.20. The predicted molar refractivity (Wildman–Crippen MR) is 116 cm³/mol. The molecule has 0 saturated heterocycles. The van der Waals surface area contributed by atoms with Gasteiger partial charge in [0.1, 0.15) is 16.6 Å². The van der Waals surface area contributed by atoms with Gasteiger partial charge in [-0.25, -0.2) is 9.97 Å². The number of hydrogen-bond acceptors (Lipinski definition) is 3. The number of aryl methyl sites for hydroxylation is 2. The summed E-state index contributed by atoms with van der Waals surface area (Å²) in [6, 6.07) is 18.6. The Morgan fingerprint density at radius 3 is 1.96 bits per heavy atom. The number of rotatable bonds is 0. The van der Waals surface area contributed by atoms with Crippen molar-refractivity contribution < 1.29 is 4.42 Å². The Hall–Kier alpha value is -3.17. The van der Waals surface area contributed by atoms with E-state index in [1.54, 1.807) is 0 Å². The van der Waals surface area contributed by atoms with Crippen molar-refractivity contribution in [1.29, 1.82) is 0 Å². The molecule has 0 fully saturated rings. The van der Waals surface area contributed by atoms with E-state index in [0.717, 1.165) is 38.3 Å². The van der Waals surface area contributed by atoms with E-state index in [9.17, 15) is 0 Å². The molecule has 4 aromatic carbocycles. The molecular formula is C24H15ClN2O. The van der Waals surface area contributed by atoms with E-state index in [0.29, 0.717) is 10.7 Å². The van der Waals surface area contributed by atoms with E-state index in [1.165, 1.54) is 21.9 Å². The molecule has 134 valence electrons. The van der Waals surface area contributed by atoms with Crippen LogP contribution in [0.3, 0.4) is 0 Å². The van der Waals surface area contributed by atoms with Crippen molar-refractivity contribution >= 4 is 66.4 Å². The molecule has 0 radical (unpaired) electrons. The molecular weight excluding hydrogens is 368 g/mol. The largest absolute Gasteiger partial charge is 0.436 e. The van der Waals surface area contributed by atoms with Crippen LogP contribution in [0.15, 0.2) is 59.0 Å². The second-order valence-electron chi connectivity index (χ2n) is 7.42. The average Bonchev–Trinajstić information content (AvgIpc) is 3.03. The van der Waals surface area contributed by atoms with Crippen LogP contribution in [0.5, 0.6) is 0 Å². The summed E-state index contributed by atoms with van der Waals surface area (Å²) >= 11 is 6.22. The molecule has 0 saturated carbocycles. The Morgan fingerprint density at radius 1 is 0.643 bits per heavy atom. The minimum atomic E-state index is 0.541. The third-order valence-corrected chi connectivity index (χ3v) is 5.65. The van der Waals surface area contributed by atoms with Crippen LogP contribution in [0.2, 0.25) is 5.02 Å². The van der Waals surface area contributed by atoms with Gasteiger partial charge in [-0.05, 0) is 55.0 Å². The van der Waals surface area contributed by atoms with Crippen molar-refractivity contribution in [2.45, 2.75) is 13.8 Å². The molecule has 28 heavy (non-hydrogen) atoms. The number of nitrogens with zero attached hydrogens (tertiary/aromatic N) is 2. The average molecular weight is 383 g/mol. The molecule has 2 heterocycles. The molecule has 6 aromatic rings. The van der Waals surface area contributed by atoms with Crippen LogP contribution in [0.4, 0.5) is 0 Å². The first-order valence-corrected chi connectivity index (χ1v) is 9.58. The molecule has 0 N–H and O–H groups in total. The first kappa shape index (κ1) is 15.8. The van der Waals surface area contributed by atoms with Crippen LogP contribution >= 0.6 is 11.6 Å². The van der Waals surface area contributed by atoms with Crippen molar-refractivity contribution in [1.82, 2.24) is 9.97 Å². The highest BCUT2D eigenvalue weighted by Gasteiger charge is 2.16. The lowest BCUT2D eigenvalue weighted by atomic mass is 9.97. The maximum atomic E-state index is 6.22. The molecule has 0 unspecified atom stereocenters. The Bertz CT molecular complexity index is 1600. The fourth-order valence-corrected chi connectivity index (χ4v) is 4.27. The van der Waals surface area contributed by atoms with Crippen LogP contribution in [0.1, 0.15) is 11.1 Å². The molecule has 0 amide bonds. The molecule has 6 rings (SSSR count). The molecule has 4 heteroatoms. The van der Waals surface area contributed by atoms with Crippen LogP contribution in [0.25, 0.3) is 54.8 Å². The van der Waals surface area contributed by atoms with Gasteiger partial charge < -0.3 is 4.42 Å². The van der Waals surface area contributed by atoms with Crippen LogP contribution in [-0.4, -0.2) is 9.97 Å². The van der Waals surface area contributed by atoms with Gasteiger partial charge in [-0.15, -0.1) is 0 Å². The second kappa shape index (κ2) is 5.43. The number of hydrogen-bond donors (Lipinski definition) is 0. The van der Waals surface area contributed by atoms with E-state index in [-0.39, 0.29) is 0 Å². The van der Waals surface area contributed by atoms with Crippen LogP contribution in [-0.2, 0) is 0 Å². The smallest absolute Gasteiger partial charge is 0.246 e. The van der Waals surface area contributed by atoms with Gasteiger partial charge in [-0.1, -0.05) is 47.0 Å². The maximum absolute atomic E-state index is 6.22. The van der Waals surface area contributed by atoms with Gasteiger partial charge in [0.15, 0.2) is 0 Å². The van der Waals surface area contributed by atoms with Crippen molar-refractivity contribution in [3.63, 3.8) is 0 Å². The summed E-state index contributed by atoms with van der Waals surface area (Å²) in [5, 5.41) is 6.12. The number of halogens is 1. The second-order valence-corrected chi connectivity index (χ2v) is 7.85. The Kier molecular flexibility index (Phi) is 3.07. The van der Waals surface area contributed by atoms with Crippen molar-refractivity contribution in [2.75, 3.05) is 0 Å². The van der Waals surface area contributed by atoms with Crippen molar-refractivity contribution in [2.24, 2.45) is 0 Å². The molecule has 3 nitrogen and oxygen atoms in total. The lowest BCUT2D eigenvalue weighted by Gasteiger charge is -2.10. The SMILES string of the molecule is Cc1ccc2c3ccc(C)cc3c3nc4c(nc3c2c1)oc1ccc(Cl)cc14. The fraction of sp³-hybridized carbons (Fsp3) is 0.0833. The molecule has 0 aliphatic rings. The third-order valence-electron chi connectivity index (χ3n) is 5.42. The predicted octanol–water partition coefficient (Wildman–Crippen LogP) is 7.11. The lowest BCUT2D eigenvalue weighted by Crippen LogP contribution is -1.91. The monoisotopic (exact) mass is 382 g/mol. The number of fused-ring (bicyclic) bond motifs is 9.